The molecule has 1 N–H and O–H groups in total. The van der Waals surface area contributed by atoms with Crippen molar-refractivity contribution in [2.45, 2.75) is 0 Å². The molecule has 0 spiro atoms. The Morgan fingerprint density at radius 2 is 2.25 bits per heavy atom. The fraction of sp³-hybridized carbons (Fsp3) is 0. The number of tetrazole rings is 1. The monoisotopic (exact) mass is 158 g/mol. The van der Waals surface area contributed by atoms with Gasteiger partial charge in [0.2, 0.25) is 0 Å². The number of hydrogen-bond donors (Lipinski definition) is 1. The summed E-state index contributed by atoms with van der Waals surface area (Å²) in [4.78, 5) is 0. The molecule has 5 heteroatoms. The molecule has 0 aliphatic heterocycles. The van der Waals surface area contributed by atoms with Gasteiger partial charge in [0.25, 0.3) is 0 Å². The van der Waals surface area contributed by atoms with E-state index in [1.165, 1.54) is 5.46 Å². The summed E-state index contributed by atoms with van der Waals surface area (Å²) < 4.78 is 0. The Labute approximate surface area is 70.4 Å². The molecule has 0 saturated carbocycles. The largest absolute Gasteiger partial charge is 0.239 e. The molecule has 1 aromatic heterocycles. The van der Waals surface area contributed by atoms with Crippen molar-refractivity contribution in [1.82, 2.24) is 20.6 Å². The highest BCUT2D eigenvalue weighted by atomic mass is 15.5. The van der Waals surface area contributed by atoms with E-state index in [2.05, 4.69) is 20.6 Å². The molecule has 1 heterocycles. The van der Waals surface area contributed by atoms with Crippen LogP contribution in [0.3, 0.4) is 0 Å². The van der Waals surface area contributed by atoms with Crippen LogP contribution in [0.15, 0.2) is 24.3 Å². The first-order valence-electron chi connectivity index (χ1n) is 3.67. The number of hydrogen-bond acceptors (Lipinski definition) is 3. The smallest absolute Gasteiger partial charge is 0.179 e. The summed E-state index contributed by atoms with van der Waals surface area (Å²) in [5, 5.41) is 13.5. The van der Waals surface area contributed by atoms with Gasteiger partial charge in [-0.25, -0.2) is 5.10 Å². The van der Waals surface area contributed by atoms with Crippen molar-refractivity contribution in [1.29, 1.82) is 0 Å². The van der Waals surface area contributed by atoms with E-state index < -0.39 is 0 Å². The maximum absolute atomic E-state index is 3.81. The third-order valence-corrected chi connectivity index (χ3v) is 1.64. The lowest BCUT2D eigenvalue weighted by atomic mass is 9.94. The van der Waals surface area contributed by atoms with E-state index >= 15 is 0 Å². The average molecular weight is 158 g/mol. The minimum atomic E-state index is 0.707. The summed E-state index contributed by atoms with van der Waals surface area (Å²) in [7, 11) is 2.04. The number of H-pyrrole nitrogens is 1. The molecule has 0 radical (unpaired) electrons. The number of nitrogens with one attached hydrogen (secondary N) is 1. The van der Waals surface area contributed by atoms with Crippen LogP contribution in [0.4, 0.5) is 0 Å². The van der Waals surface area contributed by atoms with Crippen LogP contribution >= 0.6 is 0 Å². The van der Waals surface area contributed by atoms with Gasteiger partial charge in [-0.2, -0.15) is 0 Å². The first kappa shape index (κ1) is 7.03. The second kappa shape index (κ2) is 2.77. The number of benzene rings is 1. The Kier molecular flexibility index (Phi) is 1.62. The van der Waals surface area contributed by atoms with Crippen LogP contribution in [-0.2, 0) is 0 Å². The van der Waals surface area contributed by atoms with Gasteiger partial charge >= 0.3 is 0 Å². The van der Waals surface area contributed by atoms with Gasteiger partial charge < -0.3 is 0 Å². The first-order valence-corrected chi connectivity index (χ1v) is 3.67. The minimum absolute atomic E-state index is 0.707. The van der Waals surface area contributed by atoms with Gasteiger partial charge in [0.15, 0.2) is 5.82 Å². The molecular formula is C7H7BN4. The molecule has 0 atom stereocenters. The van der Waals surface area contributed by atoms with Crippen LogP contribution in [0.5, 0.6) is 0 Å². The molecule has 1 aromatic carbocycles. The van der Waals surface area contributed by atoms with E-state index in [0.717, 1.165) is 5.56 Å². The van der Waals surface area contributed by atoms with Gasteiger partial charge in [0, 0.05) is 5.56 Å². The van der Waals surface area contributed by atoms with Crippen LogP contribution < -0.4 is 5.46 Å². The van der Waals surface area contributed by atoms with Gasteiger partial charge in [-0.05, 0) is 10.4 Å². The molecule has 0 amide bonds. The van der Waals surface area contributed by atoms with Gasteiger partial charge in [-0.15, -0.1) is 5.10 Å². The summed E-state index contributed by atoms with van der Waals surface area (Å²) in [5.74, 6) is 0.707. The Bertz CT molecular complexity index is 371. The predicted molar refractivity (Wildman–Crippen MR) is 47.8 cm³/mol. The highest BCUT2D eigenvalue weighted by Gasteiger charge is 1.99. The van der Waals surface area contributed by atoms with Crippen LogP contribution in [0, 0.1) is 0 Å². The van der Waals surface area contributed by atoms with E-state index in [4.69, 9.17) is 0 Å². The first-order chi connectivity index (χ1) is 5.86. The molecular weight excluding hydrogens is 151 g/mol. The van der Waals surface area contributed by atoms with Gasteiger partial charge in [-0.3, -0.25) is 0 Å². The summed E-state index contributed by atoms with van der Waals surface area (Å²) in [6, 6.07) is 8.01. The zero-order chi connectivity index (χ0) is 8.39. The summed E-state index contributed by atoms with van der Waals surface area (Å²) in [6.07, 6.45) is 0. The van der Waals surface area contributed by atoms with Crippen LogP contribution in [0.25, 0.3) is 11.4 Å². The second-order valence-electron chi connectivity index (χ2n) is 2.62. The van der Waals surface area contributed by atoms with Crippen LogP contribution in [0.2, 0.25) is 0 Å². The zero-order valence-corrected chi connectivity index (χ0v) is 6.65. The fourth-order valence-corrected chi connectivity index (χ4v) is 1.07. The quantitative estimate of drug-likeness (QED) is 0.548. The zero-order valence-electron chi connectivity index (χ0n) is 6.65. The van der Waals surface area contributed by atoms with Crippen molar-refractivity contribution in [3.05, 3.63) is 24.3 Å². The van der Waals surface area contributed by atoms with Crippen molar-refractivity contribution in [3.8, 4) is 11.4 Å². The van der Waals surface area contributed by atoms with Crippen molar-refractivity contribution in [2.24, 2.45) is 0 Å². The molecule has 0 saturated heterocycles. The third-order valence-electron chi connectivity index (χ3n) is 1.64. The molecule has 0 aliphatic carbocycles. The Balaban J connectivity index is 2.48. The maximum atomic E-state index is 3.81. The Morgan fingerprint density at radius 3 is 2.92 bits per heavy atom. The lowest BCUT2D eigenvalue weighted by Crippen LogP contribution is -2.00. The molecule has 4 nitrogen and oxygen atoms in total. The standard InChI is InChI=1S/C7H7BN4/c8-6-3-1-2-5(4-6)7-9-11-12-10-7/h1-4H,8H2,(H,9,10,11,12). The van der Waals surface area contributed by atoms with Crippen LogP contribution in [0.1, 0.15) is 0 Å². The number of aromatic nitrogens is 4. The molecule has 58 valence electrons. The topological polar surface area (TPSA) is 54.5 Å². The fourth-order valence-electron chi connectivity index (χ4n) is 1.07. The van der Waals surface area contributed by atoms with E-state index in [-0.39, 0.29) is 0 Å². The minimum Gasteiger partial charge on any atom is -0.239 e. The van der Waals surface area contributed by atoms with E-state index in [1.54, 1.807) is 0 Å². The van der Waals surface area contributed by atoms with E-state index in [1.807, 2.05) is 32.1 Å². The number of rotatable bonds is 1. The Morgan fingerprint density at radius 1 is 1.33 bits per heavy atom. The van der Waals surface area contributed by atoms with Crippen LogP contribution in [-0.4, -0.2) is 28.5 Å². The van der Waals surface area contributed by atoms with E-state index in [9.17, 15) is 0 Å². The highest BCUT2D eigenvalue weighted by molar-refractivity contribution is 6.32. The molecule has 0 bridgehead atoms. The van der Waals surface area contributed by atoms with Crippen molar-refractivity contribution >= 4 is 13.3 Å². The second-order valence-corrected chi connectivity index (χ2v) is 2.62. The molecule has 12 heavy (non-hydrogen) atoms. The Hall–Kier alpha value is -1.65. The average Bonchev–Trinajstić information content (AvgIpc) is 2.56. The summed E-state index contributed by atoms with van der Waals surface area (Å²) in [5.41, 5.74) is 2.21. The van der Waals surface area contributed by atoms with Gasteiger partial charge in [0.05, 0.1) is 0 Å². The number of aromatic amines is 1. The predicted octanol–water partition coefficient (Wildman–Crippen LogP) is -0.875. The number of nitrogens with zero attached hydrogens (tertiary/aromatic N) is 3. The lowest BCUT2D eigenvalue weighted by Gasteiger charge is -1.95. The summed E-state index contributed by atoms with van der Waals surface area (Å²) >= 11 is 0. The van der Waals surface area contributed by atoms with Gasteiger partial charge in [0.1, 0.15) is 7.85 Å². The molecule has 0 fully saturated rings. The normalized spacial score (nSPS) is 10.0. The molecule has 0 aliphatic rings. The van der Waals surface area contributed by atoms with Gasteiger partial charge in [-0.1, -0.05) is 29.7 Å². The maximum Gasteiger partial charge on any atom is 0.179 e. The van der Waals surface area contributed by atoms with Crippen molar-refractivity contribution in [3.63, 3.8) is 0 Å². The van der Waals surface area contributed by atoms with Crippen molar-refractivity contribution in [2.75, 3.05) is 0 Å². The summed E-state index contributed by atoms with van der Waals surface area (Å²) in [6.45, 7) is 0. The van der Waals surface area contributed by atoms with E-state index in [0.29, 0.717) is 5.82 Å². The molecule has 0 unspecified atom stereocenters. The lowest BCUT2D eigenvalue weighted by molar-refractivity contribution is 0.881. The highest BCUT2D eigenvalue weighted by Crippen LogP contribution is 2.09. The SMILES string of the molecule is Bc1cccc(-c2nnn[nH]2)c1. The third kappa shape index (κ3) is 1.21. The van der Waals surface area contributed by atoms with Crippen molar-refractivity contribution < 1.29 is 0 Å². The molecule has 2 rings (SSSR count). The molecule has 2 aromatic rings.